The van der Waals surface area contributed by atoms with Crippen molar-refractivity contribution in [3.63, 3.8) is 0 Å². The minimum atomic E-state index is -3.67. The third kappa shape index (κ3) is 3.09. The molecule has 0 aliphatic heterocycles. The van der Waals surface area contributed by atoms with Crippen LogP contribution < -0.4 is 5.73 Å². The van der Waals surface area contributed by atoms with E-state index in [9.17, 15) is 8.42 Å². The first-order valence-electron chi connectivity index (χ1n) is 6.93. The van der Waals surface area contributed by atoms with Gasteiger partial charge < -0.3 is 5.73 Å². The summed E-state index contributed by atoms with van der Waals surface area (Å²) in [5, 5.41) is 8.84. The highest BCUT2D eigenvalue weighted by molar-refractivity contribution is 7.89. The summed E-state index contributed by atoms with van der Waals surface area (Å²) in [6.45, 7) is 3.92. The molecule has 0 radical (unpaired) electrons. The van der Waals surface area contributed by atoms with Crippen molar-refractivity contribution in [2.24, 2.45) is 0 Å². The maximum absolute atomic E-state index is 12.8. The fraction of sp³-hybridized carbons (Fsp3) is 0.400. The first-order chi connectivity index (χ1) is 10.0. The standard InChI is InChI=1S/C15H19N3O2S/c1-2-9-18(13-5-3-4-6-13)21(19,20)15-8-7-12(11-16)10-14(15)17/h2,7-8,10,13H,1,3-6,9,17H2. The number of rotatable bonds is 5. The Labute approximate surface area is 125 Å². The van der Waals surface area contributed by atoms with Gasteiger partial charge in [0.15, 0.2) is 0 Å². The van der Waals surface area contributed by atoms with E-state index in [1.54, 1.807) is 6.08 Å². The van der Waals surface area contributed by atoms with Crippen LogP contribution in [0.15, 0.2) is 35.7 Å². The maximum Gasteiger partial charge on any atom is 0.245 e. The molecule has 112 valence electrons. The molecular weight excluding hydrogens is 286 g/mol. The van der Waals surface area contributed by atoms with Crippen LogP contribution >= 0.6 is 0 Å². The Balaban J connectivity index is 2.43. The van der Waals surface area contributed by atoms with Crippen LogP contribution in [0.2, 0.25) is 0 Å². The molecule has 0 saturated heterocycles. The monoisotopic (exact) mass is 305 g/mol. The highest BCUT2D eigenvalue weighted by Crippen LogP contribution is 2.30. The number of nitrogens with zero attached hydrogens (tertiary/aromatic N) is 2. The Morgan fingerprint density at radius 1 is 1.43 bits per heavy atom. The summed E-state index contributed by atoms with van der Waals surface area (Å²) < 4.78 is 27.2. The second kappa shape index (κ2) is 6.29. The van der Waals surface area contributed by atoms with Gasteiger partial charge in [0.25, 0.3) is 0 Å². The average molecular weight is 305 g/mol. The molecule has 0 unspecified atom stereocenters. The fourth-order valence-electron chi connectivity index (χ4n) is 2.74. The molecular formula is C15H19N3O2S. The Kier molecular flexibility index (Phi) is 4.66. The van der Waals surface area contributed by atoms with Crippen molar-refractivity contribution in [1.82, 2.24) is 4.31 Å². The molecule has 2 N–H and O–H groups in total. The number of nitriles is 1. The van der Waals surface area contributed by atoms with Crippen LogP contribution in [0.1, 0.15) is 31.2 Å². The van der Waals surface area contributed by atoms with Gasteiger partial charge in [0.2, 0.25) is 10.0 Å². The molecule has 1 fully saturated rings. The molecule has 5 nitrogen and oxygen atoms in total. The topological polar surface area (TPSA) is 87.2 Å². The predicted octanol–water partition coefficient (Wildman–Crippen LogP) is 2.26. The Bertz CT molecular complexity index is 671. The molecule has 21 heavy (non-hydrogen) atoms. The van der Waals surface area contributed by atoms with Gasteiger partial charge in [-0.05, 0) is 31.0 Å². The number of nitrogen functional groups attached to an aromatic ring is 1. The summed E-state index contributed by atoms with van der Waals surface area (Å²) in [7, 11) is -3.67. The van der Waals surface area contributed by atoms with Crippen LogP contribution in [-0.2, 0) is 10.0 Å². The fourth-order valence-corrected chi connectivity index (χ4v) is 4.50. The van der Waals surface area contributed by atoms with Gasteiger partial charge in [-0.2, -0.15) is 9.57 Å². The number of anilines is 1. The molecule has 0 bridgehead atoms. The summed E-state index contributed by atoms with van der Waals surface area (Å²) >= 11 is 0. The van der Waals surface area contributed by atoms with Crippen LogP contribution in [0, 0.1) is 11.3 Å². The summed E-state index contributed by atoms with van der Waals surface area (Å²) in [6, 6.07) is 6.24. The highest BCUT2D eigenvalue weighted by atomic mass is 32.2. The molecule has 0 atom stereocenters. The van der Waals surface area contributed by atoms with Crippen molar-refractivity contribution in [3.05, 3.63) is 36.4 Å². The molecule has 1 aromatic carbocycles. The third-order valence-corrected chi connectivity index (χ3v) is 5.76. The van der Waals surface area contributed by atoms with E-state index in [-0.39, 0.29) is 23.2 Å². The smallest absolute Gasteiger partial charge is 0.245 e. The first-order valence-corrected chi connectivity index (χ1v) is 8.37. The molecule has 1 aromatic rings. The van der Waals surface area contributed by atoms with Crippen LogP contribution in [0.25, 0.3) is 0 Å². The third-order valence-electron chi connectivity index (χ3n) is 3.77. The van der Waals surface area contributed by atoms with Crippen molar-refractivity contribution in [2.75, 3.05) is 12.3 Å². The second-order valence-corrected chi connectivity index (χ2v) is 7.03. The zero-order valence-corrected chi connectivity index (χ0v) is 12.6. The van der Waals surface area contributed by atoms with Gasteiger partial charge in [-0.25, -0.2) is 8.42 Å². The number of nitrogens with two attached hydrogens (primary N) is 1. The summed E-state index contributed by atoms with van der Waals surface area (Å²) in [6.07, 6.45) is 5.40. The predicted molar refractivity (Wildman–Crippen MR) is 81.9 cm³/mol. The molecule has 2 rings (SSSR count). The molecule has 1 saturated carbocycles. The normalized spacial score (nSPS) is 16.0. The molecule has 0 heterocycles. The van der Waals surface area contributed by atoms with Crippen LogP contribution in [0.5, 0.6) is 0 Å². The molecule has 0 spiro atoms. The number of hydrogen-bond acceptors (Lipinski definition) is 4. The van der Waals surface area contributed by atoms with Crippen molar-refractivity contribution < 1.29 is 8.42 Å². The van der Waals surface area contributed by atoms with E-state index in [0.29, 0.717) is 5.56 Å². The van der Waals surface area contributed by atoms with Gasteiger partial charge in [0.1, 0.15) is 4.90 Å². The van der Waals surface area contributed by atoms with E-state index < -0.39 is 10.0 Å². The van der Waals surface area contributed by atoms with E-state index in [1.807, 2.05) is 6.07 Å². The van der Waals surface area contributed by atoms with E-state index in [2.05, 4.69) is 6.58 Å². The van der Waals surface area contributed by atoms with Crippen molar-refractivity contribution >= 4 is 15.7 Å². The zero-order valence-electron chi connectivity index (χ0n) is 11.8. The lowest BCUT2D eigenvalue weighted by Gasteiger charge is -2.27. The van der Waals surface area contributed by atoms with Gasteiger partial charge in [0.05, 0.1) is 17.3 Å². The Morgan fingerprint density at radius 3 is 2.62 bits per heavy atom. The lowest BCUT2D eigenvalue weighted by Crippen LogP contribution is -2.39. The van der Waals surface area contributed by atoms with Crippen LogP contribution in [0.3, 0.4) is 0 Å². The van der Waals surface area contributed by atoms with Crippen molar-refractivity contribution in [1.29, 1.82) is 5.26 Å². The van der Waals surface area contributed by atoms with Gasteiger partial charge in [-0.3, -0.25) is 0 Å². The SMILES string of the molecule is C=CCN(C1CCCC1)S(=O)(=O)c1ccc(C#N)cc1N. The van der Waals surface area contributed by atoms with Gasteiger partial charge in [0, 0.05) is 12.6 Å². The van der Waals surface area contributed by atoms with Crippen molar-refractivity contribution in [3.8, 4) is 6.07 Å². The number of hydrogen-bond donors (Lipinski definition) is 1. The molecule has 1 aliphatic carbocycles. The van der Waals surface area contributed by atoms with Gasteiger partial charge >= 0.3 is 0 Å². The quantitative estimate of drug-likeness (QED) is 0.667. The Hall–Kier alpha value is -1.84. The van der Waals surface area contributed by atoms with E-state index in [1.165, 1.54) is 22.5 Å². The maximum atomic E-state index is 12.8. The number of benzene rings is 1. The van der Waals surface area contributed by atoms with Crippen molar-refractivity contribution in [2.45, 2.75) is 36.6 Å². The van der Waals surface area contributed by atoms with Crippen LogP contribution in [-0.4, -0.2) is 25.3 Å². The number of sulfonamides is 1. The Morgan fingerprint density at radius 2 is 2.10 bits per heavy atom. The zero-order chi connectivity index (χ0) is 15.5. The molecule has 0 amide bonds. The average Bonchev–Trinajstić information content (AvgIpc) is 2.97. The highest BCUT2D eigenvalue weighted by Gasteiger charge is 2.33. The second-order valence-electron chi connectivity index (χ2n) is 5.17. The summed E-state index contributed by atoms with van der Waals surface area (Å²) in [5.74, 6) is 0. The van der Waals surface area contributed by atoms with E-state index >= 15 is 0 Å². The van der Waals surface area contributed by atoms with E-state index in [0.717, 1.165) is 25.7 Å². The molecule has 6 heteroatoms. The first kappa shape index (κ1) is 15.5. The lowest BCUT2D eigenvalue weighted by molar-refractivity contribution is 0.348. The minimum absolute atomic E-state index is 0.00282. The van der Waals surface area contributed by atoms with Crippen LogP contribution in [0.4, 0.5) is 5.69 Å². The van der Waals surface area contributed by atoms with E-state index in [4.69, 9.17) is 11.0 Å². The molecule has 0 aromatic heterocycles. The lowest BCUT2D eigenvalue weighted by atomic mass is 10.2. The summed E-state index contributed by atoms with van der Waals surface area (Å²) in [5.41, 5.74) is 6.29. The molecule has 1 aliphatic rings. The largest absolute Gasteiger partial charge is 0.398 e. The van der Waals surface area contributed by atoms with Gasteiger partial charge in [-0.1, -0.05) is 18.9 Å². The summed E-state index contributed by atoms with van der Waals surface area (Å²) in [4.78, 5) is 0.0650. The minimum Gasteiger partial charge on any atom is -0.398 e. The van der Waals surface area contributed by atoms with Gasteiger partial charge in [-0.15, -0.1) is 6.58 Å².